The number of rotatable bonds is 8. The summed E-state index contributed by atoms with van der Waals surface area (Å²) in [4.78, 5) is 13.7. The number of nitrogens with one attached hydrogen (secondary N) is 1. The zero-order valence-electron chi connectivity index (χ0n) is 16.2. The predicted octanol–water partition coefficient (Wildman–Crippen LogP) is 4.16. The summed E-state index contributed by atoms with van der Waals surface area (Å²) < 4.78 is 0. The highest BCUT2D eigenvalue weighted by Gasteiger charge is 2.30. The molecule has 144 valence electrons. The van der Waals surface area contributed by atoms with Gasteiger partial charge in [0.15, 0.2) is 0 Å². The van der Waals surface area contributed by atoms with E-state index in [1.165, 1.54) is 5.56 Å². The Morgan fingerprint density at radius 2 is 1.96 bits per heavy atom. The van der Waals surface area contributed by atoms with Crippen molar-refractivity contribution in [2.24, 2.45) is 5.92 Å². The Labute approximate surface area is 161 Å². The Bertz CT molecular complexity index is 761. The van der Waals surface area contributed by atoms with Crippen LogP contribution in [0.3, 0.4) is 0 Å². The Balaban J connectivity index is 1.65. The molecule has 0 radical (unpaired) electrons. The van der Waals surface area contributed by atoms with Crippen LogP contribution in [0.4, 0.5) is 5.69 Å². The first kappa shape index (κ1) is 19.5. The molecule has 1 atom stereocenters. The molecule has 0 amide bonds. The first-order chi connectivity index (χ1) is 13.0. The minimum absolute atomic E-state index is 0.234. The van der Waals surface area contributed by atoms with Crippen molar-refractivity contribution in [1.29, 1.82) is 0 Å². The summed E-state index contributed by atoms with van der Waals surface area (Å²) in [6, 6.07) is 16.3. The second-order valence-electron chi connectivity index (χ2n) is 7.79. The monoisotopic (exact) mass is 367 g/mol. The van der Waals surface area contributed by atoms with Gasteiger partial charge in [0.2, 0.25) is 0 Å². The number of nitro groups is 1. The van der Waals surface area contributed by atoms with Gasteiger partial charge in [0.05, 0.1) is 4.92 Å². The Morgan fingerprint density at radius 3 is 2.67 bits per heavy atom. The van der Waals surface area contributed by atoms with E-state index in [2.05, 4.69) is 48.3 Å². The highest BCUT2D eigenvalue weighted by molar-refractivity contribution is 5.47. The second kappa shape index (κ2) is 9.11. The van der Waals surface area contributed by atoms with Crippen molar-refractivity contribution in [3.63, 3.8) is 0 Å². The first-order valence-corrected chi connectivity index (χ1v) is 9.78. The number of fused-ring (bicyclic) bond motifs is 1. The van der Waals surface area contributed by atoms with Crippen LogP contribution in [0.1, 0.15) is 37.0 Å². The van der Waals surface area contributed by atoms with Crippen LogP contribution in [0.25, 0.3) is 0 Å². The summed E-state index contributed by atoms with van der Waals surface area (Å²) in [5.41, 5.74) is 3.60. The second-order valence-corrected chi connectivity index (χ2v) is 7.79. The number of benzene rings is 2. The molecule has 0 bridgehead atoms. The van der Waals surface area contributed by atoms with Crippen molar-refractivity contribution >= 4 is 5.69 Å². The maximum absolute atomic E-state index is 11.4. The van der Waals surface area contributed by atoms with Gasteiger partial charge in [-0.25, -0.2) is 0 Å². The van der Waals surface area contributed by atoms with Crippen molar-refractivity contribution in [2.45, 2.75) is 45.8 Å². The molecular weight excluding hydrogens is 338 g/mol. The predicted molar refractivity (Wildman–Crippen MR) is 109 cm³/mol. The van der Waals surface area contributed by atoms with Crippen LogP contribution in [0, 0.1) is 16.0 Å². The molecule has 5 nitrogen and oxygen atoms in total. The molecule has 1 unspecified atom stereocenters. The maximum Gasteiger partial charge on any atom is 0.272 e. The summed E-state index contributed by atoms with van der Waals surface area (Å²) in [6.07, 6.45) is 1.83. The van der Waals surface area contributed by atoms with Gasteiger partial charge in [-0.05, 0) is 29.9 Å². The molecule has 2 aromatic rings. The highest BCUT2D eigenvalue weighted by Crippen LogP contribution is 2.32. The molecule has 0 saturated heterocycles. The molecule has 27 heavy (non-hydrogen) atoms. The van der Waals surface area contributed by atoms with E-state index in [-0.39, 0.29) is 10.6 Å². The molecule has 5 heteroatoms. The Morgan fingerprint density at radius 1 is 1.19 bits per heavy atom. The summed E-state index contributed by atoms with van der Waals surface area (Å²) in [5, 5.41) is 14.9. The van der Waals surface area contributed by atoms with Crippen LogP contribution in [-0.2, 0) is 19.5 Å². The first-order valence-electron chi connectivity index (χ1n) is 9.78. The zero-order chi connectivity index (χ0) is 19.2. The minimum atomic E-state index is -0.234. The van der Waals surface area contributed by atoms with E-state index in [0.29, 0.717) is 12.0 Å². The fourth-order valence-electron chi connectivity index (χ4n) is 3.98. The van der Waals surface area contributed by atoms with Crippen molar-refractivity contribution in [2.75, 3.05) is 13.1 Å². The lowest BCUT2D eigenvalue weighted by molar-refractivity contribution is -0.385. The molecule has 0 aliphatic carbocycles. The van der Waals surface area contributed by atoms with Gasteiger partial charge in [-0.1, -0.05) is 56.3 Å². The fraction of sp³-hybridized carbons (Fsp3) is 0.455. The minimum Gasteiger partial charge on any atom is -0.311 e. The lowest BCUT2D eigenvalue weighted by Gasteiger charge is -2.37. The molecule has 1 aliphatic rings. The molecule has 3 rings (SSSR count). The maximum atomic E-state index is 11.4. The van der Waals surface area contributed by atoms with Gasteiger partial charge in [0.25, 0.3) is 5.69 Å². The molecule has 2 aromatic carbocycles. The van der Waals surface area contributed by atoms with Crippen molar-refractivity contribution in [3.05, 3.63) is 75.3 Å². The van der Waals surface area contributed by atoms with Crippen LogP contribution < -0.4 is 5.32 Å². The largest absolute Gasteiger partial charge is 0.311 e. The summed E-state index contributed by atoms with van der Waals surface area (Å²) in [7, 11) is 0. The van der Waals surface area contributed by atoms with Crippen LogP contribution in [0.5, 0.6) is 0 Å². The molecule has 0 saturated carbocycles. The van der Waals surface area contributed by atoms with Gasteiger partial charge >= 0.3 is 0 Å². The van der Waals surface area contributed by atoms with E-state index in [1.54, 1.807) is 6.07 Å². The Hall–Kier alpha value is -2.24. The van der Waals surface area contributed by atoms with Gasteiger partial charge in [-0.15, -0.1) is 0 Å². The molecule has 1 heterocycles. The van der Waals surface area contributed by atoms with E-state index in [4.69, 9.17) is 0 Å². The summed E-state index contributed by atoms with van der Waals surface area (Å²) in [6.45, 7) is 7.97. The van der Waals surface area contributed by atoms with E-state index in [1.807, 2.05) is 18.2 Å². The molecule has 0 spiro atoms. The van der Waals surface area contributed by atoms with Crippen LogP contribution in [0.15, 0.2) is 48.5 Å². The lowest BCUT2D eigenvalue weighted by Crippen LogP contribution is -2.44. The summed E-state index contributed by atoms with van der Waals surface area (Å²) >= 11 is 0. The number of hydrogen-bond acceptors (Lipinski definition) is 4. The third-order valence-electron chi connectivity index (χ3n) is 5.27. The third-order valence-corrected chi connectivity index (χ3v) is 5.27. The van der Waals surface area contributed by atoms with E-state index in [9.17, 15) is 10.1 Å². The zero-order valence-corrected chi connectivity index (χ0v) is 16.2. The van der Waals surface area contributed by atoms with E-state index in [0.717, 1.165) is 50.1 Å². The topological polar surface area (TPSA) is 58.4 Å². The average molecular weight is 367 g/mol. The number of nitro benzene ring substituents is 1. The van der Waals surface area contributed by atoms with Gasteiger partial charge in [0.1, 0.15) is 0 Å². The number of hydrogen-bond donors (Lipinski definition) is 1. The number of nitrogens with zero attached hydrogens (tertiary/aromatic N) is 2. The van der Waals surface area contributed by atoms with Gasteiger partial charge in [-0.2, -0.15) is 0 Å². The van der Waals surface area contributed by atoms with Crippen LogP contribution in [-0.4, -0.2) is 29.0 Å². The van der Waals surface area contributed by atoms with Gasteiger partial charge in [0, 0.05) is 43.9 Å². The third kappa shape index (κ3) is 5.15. The molecule has 0 fully saturated rings. The fourth-order valence-corrected chi connectivity index (χ4v) is 3.98. The standard InChI is InChI=1S/C22H29N3O2/c1-17(2)13-20-14-21-19(9-6-10-22(21)25(26)27)16-24(20)12-11-23-15-18-7-4-3-5-8-18/h3-10,17,20,23H,11-16H2,1-2H3. The quantitative estimate of drug-likeness (QED) is 0.432. The molecule has 0 aromatic heterocycles. The van der Waals surface area contributed by atoms with E-state index >= 15 is 0 Å². The van der Waals surface area contributed by atoms with Crippen molar-refractivity contribution in [3.8, 4) is 0 Å². The normalized spacial score (nSPS) is 17.1. The smallest absolute Gasteiger partial charge is 0.272 e. The Kier molecular flexibility index (Phi) is 6.58. The van der Waals surface area contributed by atoms with E-state index < -0.39 is 0 Å². The van der Waals surface area contributed by atoms with Crippen molar-refractivity contribution in [1.82, 2.24) is 10.2 Å². The molecule has 1 aliphatic heterocycles. The highest BCUT2D eigenvalue weighted by atomic mass is 16.6. The molecular formula is C22H29N3O2. The van der Waals surface area contributed by atoms with Gasteiger partial charge in [-0.3, -0.25) is 15.0 Å². The van der Waals surface area contributed by atoms with Crippen LogP contribution in [0.2, 0.25) is 0 Å². The summed E-state index contributed by atoms with van der Waals surface area (Å²) in [5.74, 6) is 0.569. The average Bonchev–Trinajstić information content (AvgIpc) is 2.65. The van der Waals surface area contributed by atoms with Crippen LogP contribution >= 0.6 is 0 Å². The molecule has 1 N–H and O–H groups in total. The lowest BCUT2D eigenvalue weighted by atomic mass is 9.88. The van der Waals surface area contributed by atoms with Gasteiger partial charge < -0.3 is 5.32 Å². The van der Waals surface area contributed by atoms with Crippen molar-refractivity contribution < 1.29 is 4.92 Å². The SMILES string of the molecule is CC(C)CC1Cc2c(cccc2[N+](=O)[O-])CN1CCNCc1ccccc1.